The minimum absolute atomic E-state index is 0.0762. The molecule has 0 unspecified atom stereocenters. The Balaban J connectivity index is 2.41. The zero-order valence-corrected chi connectivity index (χ0v) is 8.08. The Labute approximate surface area is 77.8 Å². The first-order chi connectivity index (χ1) is 6.11. The van der Waals surface area contributed by atoms with Crippen molar-refractivity contribution in [3.8, 4) is 0 Å². The van der Waals surface area contributed by atoms with Gasteiger partial charge in [0.1, 0.15) is 0 Å². The number of carbonyl (C=O) groups excluding carboxylic acids is 2. The summed E-state index contributed by atoms with van der Waals surface area (Å²) < 4.78 is 4.79. The Morgan fingerprint density at radius 2 is 1.85 bits per heavy atom. The number of carbonyl (C=O) groups is 2. The molecule has 0 aromatic rings. The summed E-state index contributed by atoms with van der Waals surface area (Å²) in [6.07, 6.45) is 1.48. The smallest absolute Gasteiger partial charge is 0.303 e. The molecule has 4 heteroatoms. The molecule has 1 rings (SSSR count). The molecule has 1 heterocycles. The number of likely N-dealkylation sites (tertiary alicyclic amines) is 1. The second-order valence-corrected chi connectivity index (χ2v) is 3.28. The van der Waals surface area contributed by atoms with E-state index in [1.54, 1.807) is 11.8 Å². The van der Waals surface area contributed by atoms with Crippen LogP contribution in [0.25, 0.3) is 0 Å². The monoisotopic (exact) mass is 185 g/mol. The van der Waals surface area contributed by atoms with E-state index in [9.17, 15) is 9.59 Å². The molecule has 0 aromatic heterocycles. The third-order valence-electron chi connectivity index (χ3n) is 2.11. The van der Waals surface area contributed by atoms with Gasteiger partial charge in [-0.05, 0) is 19.8 Å². The predicted octanol–water partition coefficient (Wildman–Crippen LogP) is 0.560. The topological polar surface area (TPSA) is 46.6 Å². The van der Waals surface area contributed by atoms with Crippen molar-refractivity contribution in [3.05, 3.63) is 0 Å². The van der Waals surface area contributed by atoms with E-state index in [1.807, 2.05) is 0 Å². The van der Waals surface area contributed by atoms with Gasteiger partial charge in [-0.3, -0.25) is 9.59 Å². The quantitative estimate of drug-likeness (QED) is 0.590. The van der Waals surface area contributed by atoms with Crippen LogP contribution in [-0.4, -0.2) is 36.0 Å². The minimum atomic E-state index is -0.629. The van der Waals surface area contributed by atoms with Crippen LogP contribution in [0.1, 0.15) is 26.7 Å². The van der Waals surface area contributed by atoms with Gasteiger partial charge in [0, 0.05) is 20.0 Å². The lowest BCUT2D eigenvalue weighted by atomic mass is 10.3. The predicted molar refractivity (Wildman–Crippen MR) is 47.0 cm³/mol. The van der Waals surface area contributed by atoms with Crippen LogP contribution >= 0.6 is 0 Å². The van der Waals surface area contributed by atoms with Crippen LogP contribution < -0.4 is 0 Å². The molecule has 1 aliphatic heterocycles. The van der Waals surface area contributed by atoms with E-state index in [2.05, 4.69) is 0 Å². The zero-order chi connectivity index (χ0) is 9.84. The standard InChI is InChI=1S/C9H15NO3/c1-7(13-8(2)11)9(12)10-5-3-4-6-10/h7H,3-6H2,1-2H3/t7-/m0/s1. The van der Waals surface area contributed by atoms with Crippen LogP contribution in [0.4, 0.5) is 0 Å². The average Bonchev–Trinajstić information content (AvgIpc) is 2.53. The molecule has 13 heavy (non-hydrogen) atoms. The third-order valence-corrected chi connectivity index (χ3v) is 2.11. The molecule has 1 saturated heterocycles. The van der Waals surface area contributed by atoms with Gasteiger partial charge in [-0.25, -0.2) is 0 Å². The van der Waals surface area contributed by atoms with Crippen LogP contribution in [0.15, 0.2) is 0 Å². The SMILES string of the molecule is CC(=O)O[C@@H](C)C(=O)N1CCCC1. The molecule has 1 fully saturated rings. The number of ether oxygens (including phenoxy) is 1. The van der Waals surface area contributed by atoms with Crippen LogP contribution in [0.5, 0.6) is 0 Å². The van der Waals surface area contributed by atoms with Crippen LogP contribution in [0.2, 0.25) is 0 Å². The molecule has 0 radical (unpaired) electrons. The molecule has 0 aromatic carbocycles. The van der Waals surface area contributed by atoms with Gasteiger partial charge in [0.15, 0.2) is 6.10 Å². The Kier molecular flexibility index (Phi) is 3.28. The highest BCUT2D eigenvalue weighted by Gasteiger charge is 2.24. The van der Waals surface area contributed by atoms with E-state index in [0.29, 0.717) is 0 Å². The van der Waals surface area contributed by atoms with Crippen LogP contribution in [0.3, 0.4) is 0 Å². The summed E-state index contributed by atoms with van der Waals surface area (Å²) in [5, 5.41) is 0. The molecular weight excluding hydrogens is 170 g/mol. The molecule has 1 atom stereocenters. The second-order valence-electron chi connectivity index (χ2n) is 3.28. The van der Waals surface area contributed by atoms with Crippen molar-refractivity contribution in [2.45, 2.75) is 32.8 Å². The summed E-state index contributed by atoms with van der Waals surface area (Å²) in [6, 6.07) is 0. The Morgan fingerprint density at radius 1 is 1.31 bits per heavy atom. The summed E-state index contributed by atoms with van der Waals surface area (Å²) in [5.74, 6) is -0.479. The second kappa shape index (κ2) is 4.25. The summed E-state index contributed by atoms with van der Waals surface area (Å²) in [5.41, 5.74) is 0. The highest BCUT2D eigenvalue weighted by molar-refractivity contribution is 5.83. The van der Waals surface area contributed by atoms with Crippen molar-refractivity contribution in [1.29, 1.82) is 0 Å². The number of hydrogen-bond donors (Lipinski definition) is 0. The highest BCUT2D eigenvalue weighted by Crippen LogP contribution is 2.10. The fraction of sp³-hybridized carbons (Fsp3) is 0.778. The fourth-order valence-electron chi connectivity index (χ4n) is 1.49. The summed E-state index contributed by atoms with van der Waals surface area (Å²) in [7, 11) is 0. The minimum Gasteiger partial charge on any atom is -0.453 e. The molecule has 0 N–H and O–H groups in total. The van der Waals surface area contributed by atoms with Gasteiger partial charge in [-0.2, -0.15) is 0 Å². The maximum absolute atomic E-state index is 11.5. The van der Waals surface area contributed by atoms with Crippen molar-refractivity contribution in [3.63, 3.8) is 0 Å². The molecule has 1 aliphatic rings. The van der Waals surface area contributed by atoms with E-state index in [-0.39, 0.29) is 5.91 Å². The molecule has 0 bridgehead atoms. The molecule has 1 amide bonds. The summed E-state index contributed by atoms with van der Waals surface area (Å²) in [4.78, 5) is 23.9. The lowest BCUT2D eigenvalue weighted by molar-refractivity contribution is -0.156. The van der Waals surface area contributed by atoms with Crippen molar-refractivity contribution in [2.75, 3.05) is 13.1 Å². The number of nitrogens with zero attached hydrogens (tertiary/aromatic N) is 1. The average molecular weight is 185 g/mol. The van der Waals surface area contributed by atoms with Crippen LogP contribution in [0, 0.1) is 0 Å². The van der Waals surface area contributed by atoms with Gasteiger partial charge in [0.25, 0.3) is 5.91 Å². The number of hydrogen-bond acceptors (Lipinski definition) is 3. The molecule has 0 saturated carbocycles. The van der Waals surface area contributed by atoms with Crippen molar-refractivity contribution < 1.29 is 14.3 Å². The molecule has 0 aliphatic carbocycles. The largest absolute Gasteiger partial charge is 0.453 e. The lowest BCUT2D eigenvalue weighted by Crippen LogP contribution is -2.37. The lowest BCUT2D eigenvalue weighted by Gasteiger charge is -2.19. The normalized spacial score (nSPS) is 18.5. The first kappa shape index (κ1) is 10.0. The van der Waals surface area contributed by atoms with Crippen LogP contribution in [-0.2, 0) is 14.3 Å². The molecule has 4 nitrogen and oxygen atoms in total. The van der Waals surface area contributed by atoms with Crippen molar-refractivity contribution in [1.82, 2.24) is 4.90 Å². The van der Waals surface area contributed by atoms with E-state index >= 15 is 0 Å². The first-order valence-electron chi connectivity index (χ1n) is 4.57. The summed E-state index contributed by atoms with van der Waals surface area (Å²) >= 11 is 0. The Bertz CT molecular complexity index is 209. The molecular formula is C9H15NO3. The van der Waals surface area contributed by atoms with Crippen molar-refractivity contribution in [2.24, 2.45) is 0 Å². The zero-order valence-electron chi connectivity index (χ0n) is 8.08. The van der Waals surface area contributed by atoms with E-state index in [4.69, 9.17) is 4.74 Å². The molecule has 0 spiro atoms. The fourth-order valence-corrected chi connectivity index (χ4v) is 1.49. The van der Waals surface area contributed by atoms with Gasteiger partial charge in [0.2, 0.25) is 0 Å². The first-order valence-corrected chi connectivity index (χ1v) is 4.57. The van der Waals surface area contributed by atoms with E-state index < -0.39 is 12.1 Å². The highest BCUT2D eigenvalue weighted by atomic mass is 16.5. The van der Waals surface area contributed by atoms with Crippen molar-refractivity contribution >= 4 is 11.9 Å². The maximum Gasteiger partial charge on any atom is 0.303 e. The van der Waals surface area contributed by atoms with E-state index in [1.165, 1.54) is 6.92 Å². The van der Waals surface area contributed by atoms with Gasteiger partial charge >= 0.3 is 5.97 Å². The third kappa shape index (κ3) is 2.72. The van der Waals surface area contributed by atoms with Gasteiger partial charge in [0.05, 0.1) is 0 Å². The maximum atomic E-state index is 11.5. The number of esters is 1. The number of amides is 1. The Morgan fingerprint density at radius 3 is 2.31 bits per heavy atom. The van der Waals surface area contributed by atoms with Gasteiger partial charge in [-0.1, -0.05) is 0 Å². The summed E-state index contributed by atoms with van der Waals surface area (Å²) in [6.45, 7) is 4.52. The number of rotatable bonds is 2. The van der Waals surface area contributed by atoms with Gasteiger partial charge < -0.3 is 9.64 Å². The Hall–Kier alpha value is -1.06. The van der Waals surface area contributed by atoms with E-state index in [0.717, 1.165) is 25.9 Å². The van der Waals surface area contributed by atoms with Gasteiger partial charge in [-0.15, -0.1) is 0 Å². The molecule has 74 valence electrons.